The average molecular weight is 366 g/mol. The molecule has 2 aliphatic heterocycles. The summed E-state index contributed by atoms with van der Waals surface area (Å²) < 4.78 is 16.2. The van der Waals surface area contributed by atoms with Gasteiger partial charge in [-0.25, -0.2) is 4.79 Å². The van der Waals surface area contributed by atoms with Gasteiger partial charge in [0.1, 0.15) is 41.5 Å². The Morgan fingerprint density at radius 2 is 1.96 bits per heavy atom. The van der Waals surface area contributed by atoms with Crippen LogP contribution in [0.2, 0.25) is 0 Å². The smallest absolute Gasteiger partial charge is 0.348 e. The van der Waals surface area contributed by atoms with Crippen LogP contribution in [0.1, 0.15) is 35.7 Å². The summed E-state index contributed by atoms with van der Waals surface area (Å²) in [5.74, 6) is -0.00891. The van der Waals surface area contributed by atoms with Gasteiger partial charge in [-0.2, -0.15) is 0 Å². The summed E-state index contributed by atoms with van der Waals surface area (Å²) in [6.45, 7) is 1.44. The maximum Gasteiger partial charge on any atom is 0.348 e. The number of carbonyl (C=O) groups is 1. The number of esters is 1. The van der Waals surface area contributed by atoms with Gasteiger partial charge in [0.25, 0.3) is 0 Å². The lowest BCUT2D eigenvalue weighted by molar-refractivity contribution is -0.277. The second-order valence-corrected chi connectivity index (χ2v) is 6.24. The summed E-state index contributed by atoms with van der Waals surface area (Å²) in [5.41, 5.74) is 0.775. The van der Waals surface area contributed by atoms with E-state index in [1.54, 1.807) is 12.1 Å². The molecule has 0 aliphatic carbocycles. The Labute approximate surface area is 150 Å². The number of cyclic esters (lactones) is 1. The summed E-state index contributed by atoms with van der Waals surface area (Å²) >= 11 is 0. The van der Waals surface area contributed by atoms with Crippen LogP contribution in [-0.4, -0.2) is 63.7 Å². The van der Waals surface area contributed by atoms with E-state index >= 15 is 0 Å². The fourth-order valence-electron chi connectivity index (χ4n) is 2.97. The van der Waals surface area contributed by atoms with E-state index in [1.807, 2.05) is 13.0 Å². The van der Waals surface area contributed by atoms with Crippen LogP contribution >= 0.6 is 0 Å². The van der Waals surface area contributed by atoms with Crippen molar-refractivity contribution in [1.29, 1.82) is 0 Å². The normalized spacial score (nSPS) is 32.4. The lowest BCUT2D eigenvalue weighted by Crippen LogP contribution is -2.60. The molecule has 1 saturated heterocycles. The van der Waals surface area contributed by atoms with Crippen molar-refractivity contribution in [2.45, 2.75) is 50.5 Å². The Balaban J connectivity index is 1.88. The number of rotatable bonds is 5. The molecule has 26 heavy (non-hydrogen) atoms. The van der Waals surface area contributed by atoms with E-state index in [9.17, 15) is 25.2 Å². The molecule has 1 fully saturated rings. The van der Waals surface area contributed by atoms with E-state index < -0.39 is 43.3 Å². The first-order valence-corrected chi connectivity index (χ1v) is 8.50. The van der Waals surface area contributed by atoms with E-state index in [-0.39, 0.29) is 11.3 Å². The van der Waals surface area contributed by atoms with E-state index in [0.717, 1.165) is 12.8 Å². The first-order chi connectivity index (χ1) is 12.5. The predicted octanol–water partition coefficient (Wildman–Crippen LogP) is 0.177. The third kappa shape index (κ3) is 3.34. The maximum absolute atomic E-state index is 12.2. The molecule has 8 nitrogen and oxygen atoms in total. The van der Waals surface area contributed by atoms with Gasteiger partial charge in [0.2, 0.25) is 6.29 Å². The Bertz CT molecular complexity index is 698. The van der Waals surface area contributed by atoms with Crippen molar-refractivity contribution in [2.75, 3.05) is 6.61 Å². The molecular weight excluding hydrogens is 344 g/mol. The highest BCUT2D eigenvalue weighted by Crippen LogP contribution is 2.37. The van der Waals surface area contributed by atoms with E-state index in [1.165, 1.54) is 6.07 Å². The molecule has 1 aromatic carbocycles. The van der Waals surface area contributed by atoms with Crippen LogP contribution in [0.25, 0.3) is 5.76 Å². The minimum Gasteiger partial charge on any atom is -0.461 e. The van der Waals surface area contributed by atoms with Crippen molar-refractivity contribution in [2.24, 2.45) is 0 Å². The quantitative estimate of drug-likeness (QED) is 0.544. The van der Waals surface area contributed by atoms with Crippen molar-refractivity contribution in [3.05, 3.63) is 35.4 Å². The summed E-state index contributed by atoms with van der Waals surface area (Å²) in [4.78, 5) is 12.2. The van der Waals surface area contributed by atoms with Gasteiger partial charge in [-0.05, 0) is 18.6 Å². The Hall–Kier alpha value is -1.97. The summed E-state index contributed by atoms with van der Waals surface area (Å²) in [5, 5.41) is 39.0. The van der Waals surface area contributed by atoms with Gasteiger partial charge in [0.15, 0.2) is 0 Å². The molecular formula is C18H22O8. The first-order valence-electron chi connectivity index (χ1n) is 8.50. The fourth-order valence-corrected chi connectivity index (χ4v) is 2.97. The number of hydrogen-bond donors (Lipinski definition) is 4. The highest BCUT2D eigenvalue weighted by Gasteiger charge is 2.45. The van der Waals surface area contributed by atoms with Crippen molar-refractivity contribution in [3.63, 3.8) is 0 Å². The second kappa shape index (κ2) is 7.73. The topological polar surface area (TPSA) is 126 Å². The van der Waals surface area contributed by atoms with Crippen LogP contribution < -0.4 is 4.74 Å². The molecule has 5 atom stereocenters. The first kappa shape index (κ1) is 18.8. The number of aliphatic hydroxyl groups excluding tert-OH is 4. The molecule has 2 aliphatic rings. The minimum absolute atomic E-state index is 0.122. The van der Waals surface area contributed by atoms with Crippen molar-refractivity contribution >= 4 is 11.7 Å². The number of unbranched alkanes of at least 4 members (excludes halogenated alkanes) is 1. The number of carbonyl (C=O) groups excluding carboxylic acids is 1. The molecule has 3 rings (SSSR count). The molecule has 0 radical (unpaired) electrons. The van der Waals surface area contributed by atoms with Crippen LogP contribution in [0.4, 0.5) is 0 Å². The van der Waals surface area contributed by atoms with Gasteiger partial charge in [-0.1, -0.05) is 25.5 Å². The lowest BCUT2D eigenvalue weighted by atomic mass is 9.99. The summed E-state index contributed by atoms with van der Waals surface area (Å²) in [7, 11) is 0. The number of ether oxygens (including phenoxy) is 3. The van der Waals surface area contributed by atoms with E-state index in [2.05, 4.69) is 0 Å². The van der Waals surface area contributed by atoms with Gasteiger partial charge in [0, 0.05) is 5.56 Å². The maximum atomic E-state index is 12.2. The molecule has 8 heteroatoms. The van der Waals surface area contributed by atoms with Gasteiger partial charge in [0.05, 0.1) is 6.61 Å². The van der Waals surface area contributed by atoms with Crippen molar-refractivity contribution < 1.29 is 39.4 Å². The SMILES string of the molecule is CCC/C=C1/OC(=O)c2c(O[C@@H]3O[C@H](CO)[C@@H](O)[C@H](O)[C@H]3O)cccc21. The molecule has 0 saturated carbocycles. The van der Waals surface area contributed by atoms with Crippen LogP contribution in [0.5, 0.6) is 5.75 Å². The van der Waals surface area contributed by atoms with Crippen molar-refractivity contribution in [3.8, 4) is 5.75 Å². The Morgan fingerprint density at radius 3 is 2.65 bits per heavy atom. The van der Waals surface area contributed by atoms with Gasteiger partial charge < -0.3 is 34.6 Å². The highest BCUT2D eigenvalue weighted by atomic mass is 16.7. The molecule has 0 unspecified atom stereocenters. The van der Waals surface area contributed by atoms with E-state index in [0.29, 0.717) is 11.3 Å². The predicted molar refractivity (Wildman–Crippen MR) is 89.1 cm³/mol. The lowest BCUT2D eigenvalue weighted by Gasteiger charge is -2.39. The molecule has 142 valence electrons. The monoisotopic (exact) mass is 366 g/mol. The highest BCUT2D eigenvalue weighted by molar-refractivity contribution is 6.05. The minimum atomic E-state index is -1.56. The third-order valence-electron chi connectivity index (χ3n) is 4.41. The largest absolute Gasteiger partial charge is 0.461 e. The summed E-state index contributed by atoms with van der Waals surface area (Å²) in [6, 6.07) is 4.91. The number of fused-ring (bicyclic) bond motifs is 1. The zero-order chi connectivity index (χ0) is 18.8. The number of aliphatic hydroxyl groups is 4. The van der Waals surface area contributed by atoms with Gasteiger partial charge in [-0.15, -0.1) is 0 Å². The second-order valence-electron chi connectivity index (χ2n) is 6.24. The molecule has 0 spiro atoms. The number of hydrogen-bond acceptors (Lipinski definition) is 8. The van der Waals surface area contributed by atoms with E-state index in [4.69, 9.17) is 14.2 Å². The van der Waals surface area contributed by atoms with Crippen LogP contribution in [-0.2, 0) is 9.47 Å². The Morgan fingerprint density at radius 1 is 1.19 bits per heavy atom. The zero-order valence-electron chi connectivity index (χ0n) is 14.2. The Kier molecular flexibility index (Phi) is 5.59. The van der Waals surface area contributed by atoms with Crippen LogP contribution in [0.3, 0.4) is 0 Å². The average Bonchev–Trinajstić information content (AvgIpc) is 2.97. The van der Waals surface area contributed by atoms with Crippen molar-refractivity contribution in [1.82, 2.24) is 0 Å². The third-order valence-corrected chi connectivity index (χ3v) is 4.41. The number of benzene rings is 1. The molecule has 2 heterocycles. The van der Waals surface area contributed by atoms with Gasteiger partial charge in [-0.3, -0.25) is 0 Å². The zero-order valence-corrected chi connectivity index (χ0v) is 14.2. The molecule has 0 aromatic heterocycles. The molecule has 1 aromatic rings. The van der Waals surface area contributed by atoms with Gasteiger partial charge >= 0.3 is 5.97 Å². The number of allylic oxidation sites excluding steroid dienone is 1. The molecule has 0 bridgehead atoms. The molecule has 0 amide bonds. The van der Waals surface area contributed by atoms with Crippen LogP contribution in [0.15, 0.2) is 24.3 Å². The molecule has 4 N–H and O–H groups in total. The fraction of sp³-hybridized carbons (Fsp3) is 0.500. The standard InChI is InChI=1S/C18H22O8/c1-2-3-6-10-9-5-4-7-11(13(9)17(23)24-10)25-18-16(22)15(21)14(20)12(8-19)26-18/h4-7,12,14-16,18-22H,2-3,8H2,1H3/b10-6+/t12-,14-,15+,16-,18-/m1/s1. The van der Waals surface area contributed by atoms with Crippen LogP contribution in [0, 0.1) is 0 Å². The summed E-state index contributed by atoms with van der Waals surface area (Å²) in [6.07, 6.45) is -3.59.